The van der Waals surface area contributed by atoms with Gasteiger partial charge in [-0.25, -0.2) is 9.69 Å². The minimum Gasteiger partial charge on any atom is -0.491 e. The zero-order valence-corrected chi connectivity index (χ0v) is 22.8. The van der Waals surface area contributed by atoms with Crippen molar-refractivity contribution in [2.24, 2.45) is 0 Å². The molecule has 1 heterocycles. The number of ether oxygens (including phenoxy) is 4. The number of imide groups is 2. The number of urea groups is 1. The lowest BCUT2D eigenvalue weighted by Gasteiger charge is -2.26. The Morgan fingerprint density at radius 2 is 1.40 bits per heavy atom. The van der Waals surface area contributed by atoms with Crippen LogP contribution in [0.4, 0.5) is 10.5 Å². The average Bonchev–Trinajstić information content (AvgIpc) is 2.93. The van der Waals surface area contributed by atoms with E-state index in [4.69, 9.17) is 18.9 Å². The number of aryl methyl sites for hydroxylation is 2. The average molecular weight is 545 g/mol. The van der Waals surface area contributed by atoms with E-state index in [0.717, 1.165) is 16.2 Å². The normalized spacial score (nSPS) is 14.3. The number of anilines is 1. The molecule has 1 saturated heterocycles. The van der Waals surface area contributed by atoms with Crippen LogP contribution in [-0.4, -0.2) is 50.9 Å². The highest BCUT2D eigenvalue weighted by molar-refractivity contribution is 6.39. The number of hydrogen-bond acceptors (Lipinski definition) is 7. The Hall–Kier alpha value is -4.63. The highest BCUT2D eigenvalue weighted by atomic mass is 16.6. The fourth-order valence-corrected chi connectivity index (χ4v) is 3.92. The van der Waals surface area contributed by atoms with Crippen molar-refractivity contribution in [3.8, 4) is 17.2 Å². The molecule has 1 aliphatic rings. The van der Waals surface area contributed by atoms with Crippen molar-refractivity contribution in [1.82, 2.24) is 5.32 Å². The summed E-state index contributed by atoms with van der Waals surface area (Å²) < 4.78 is 22.8. The first-order valence-electron chi connectivity index (χ1n) is 13.0. The van der Waals surface area contributed by atoms with Gasteiger partial charge in [0.1, 0.15) is 24.5 Å². The number of barbiturate groups is 1. The summed E-state index contributed by atoms with van der Waals surface area (Å²) >= 11 is 0. The van der Waals surface area contributed by atoms with Gasteiger partial charge >= 0.3 is 6.03 Å². The second-order valence-corrected chi connectivity index (χ2v) is 9.05. The van der Waals surface area contributed by atoms with Crippen LogP contribution in [0, 0.1) is 13.8 Å². The summed E-state index contributed by atoms with van der Waals surface area (Å²) in [5, 5.41) is 2.23. The lowest BCUT2D eigenvalue weighted by atomic mass is 10.1. The van der Waals surface area contributed by atoms with E-state index >= 15 is 0 Å². The van der Waals surface area contributed by atoms with Gasteiger partial charge in [0.25, 0.3) is 11.8 Å². The number of carbonyl (C=O) groups is 3. The number of hydrogen-bond donors (Lipinski definition) is 1. The second-order valence-electron chi connectivity index (χ2n) is 9.05. The van der Waals surface area contributed by atoms with Crippen molar-refractivity contribution in [2.75, 3.05) is 37.9 Å². The Kier molecular flexibility index (Phi) is 9.53. The third kappa shape index (κ3) is 7.27. The number of carbonyl (C=O) groups excluding carboxylic acids is 3. The van der Waals surface area contributed by atoms with Gasteiger partial charge in [0.2, 0.25) is 0 Å². The minimum absolute atomic E-state index is 0.169. The predicted molar refractivity (Wildman–Crippen MR) is 151 cm³/mol. The first-order valence-corrected chi connectivity index (χ1v) is 13.0. The van der Waals surface area contributed by atoms with Crippen LogP contribution in [0.25, 0.3) is 6.08 Å². The highest BCUT2D eigenvalue weighted by Crippen LogP contribution is 2.30. The van der Waals surface area contributed by atoms with Gasteiger partial charge in [-0.1, -0.05) is 41.5 Å². The number of benzene rings is 3. The molecule has 1 N–H and O–H groups in total. The highest BCUT2D eigenvalue weighted by Gasteiger charge is 2.36. The molecule has 4 rings (SSSR count). The summed E-state index contributed by atoms with van der Waals surface area (Å²) in [6.07, 6.45) is 1.43. The first kappa shape index (κ1) is 28.4. The predicted octanol–water partition coefficient (Wildman–Crippen LogP) is 4.84. The first-order chi connectivity index (χ1) is 19.4. The van der Waals surface area contributed by atoms with Crippen molar-refractivity contribution in [2.45, 2.75) is 20.8 Å². The summed E-state index contributed by atoms with van der Waals surface area (Å²) in [6, 6.07) is 19.0. The standard InChI is InChI=1S/C31H32N2O7/c1-4-38-28-20-23(9-14-27(28)40-18-16-37-15-17-39-25-12-7-22(3)8-13-25)19-26-29(34)32-31(36)33(30(26)35)24-10-5-21(2)6-11-24/h5-14,19-20H,4,15-18H2,1-3H3,(H,32,34,36). The van der Waals surface area contributed by atoms with E-state index in [2.05, 4.69) is 5.32 Å². The van der Waals surface area contributed by atoms with Crippen LogP contribution in [0.1, 0.15) is 23.6 Å². The molecule has 9 nitrogen and oxygen atoms in total. The van der Waals surface area contributed by atoms with Gasteiger partial charge in [0.05, 0.1) is 25.5 Å². The molecule has 9 heteroatoms. The fraction of sp³-hybridized carbons (Fsp3) is 0.258. The molecule has 0 saturated carbocycles. The van der Waals surface area contributed by atoms with Gasteiger partial charge < -0.3 is 18.9 Å². The van der Waals surface area contributed by atoms with Gasteiger partial charge in [0, 0.05) is 0 Å². The SMILES string of the molecule is CCOc1cc(C=C2C(=O)NC(=O)N(c3ccc(C)cc3)C2=O)ccc1OCCOCCOc1ccc(C)cc1. The molecule has 3 aromatic carbocycles. The maximum atomic E-state index is 13.2. The van der Waals surface area contributed by atoms with Crippen molar-refractivity contribution >= 4 is 29.6 Å². The van der Waals surface area contributed by atoms with Crippen LogP contribution < -0.4 is 24.4 Å². The monoisotopic (exact) mass is 544 g/mol. The Labute approximate surface area is 233 Å². The molecule has 4 amide bonds. The van der Waals surface area contributed by atoms with E-state index in [-0.39, 0.29) is 5.57 Å². The summed E-state index contributed by atoms with van der Waals surface area (Å²) in [7, 11) is 0. The maximum Gasteiger partial charge on any atom is 0.335 e. The lowest BCUT2D eigenvalue weighted by Crippen LogP contribution is -2.54. The Bertz CT molecular complexity index is 1380. The number of amides is 4. The summed E-state index contributed by atoms with van der Waals surface area (Å²) in [5.41, 5.74) is 2.89. The van der Waals surface area contributed by atoms with E-state index in [1.54, 1.807) is 42.5 Å². The Morgan fingerprint density at radius 1 is 0.750 bits per heavy atom. The molecule has 0 bridgehead atoms. The zero-order chi connectivity index (χ0) is 28.5. The van der Waals surface area contributed by atoms with Gasteiger partial charge in [-0.05, 0) is 68.8 Å². The van der Waals surface area contributed by atoms with E-state index in [0.29, 0.717) is 55.8 Å². The van der Waals surface area contributed by atoms with Gasteiger partial charge in [-0.3, -0.25) is 14.9 Å². The molecule has 208 valence electrons. The van der Waals surface area contributed by atoms with E-state index in [1.165, 1.54) is 11.6 Å². The van der Waals surface area contributed by atoms with Crippen molar-refractivity contribution in [3.63, 3.8) is 0 Å². The van der Waals surface area contributed by atoms with Crippen LogP contribution in [0.15, 0.2) is 72.3 Å². The molecule has 0 aliphatic carbocycles. The maximum absolute atomic E-state index is 13.2. The van der Waals surface area contributed by atoms with Crippen LogP contribution in [-0.2, 0) is 14.3 Å². The third-order valence-electron chi connectivity index (χ3n) is 5.98. The number of nitrogens with one attached hydrogen (secondary N) is 1. The minimum atomic E-state index is -0.793. The van der Waals surface area contributed by atoms with Crippen LogP contribution in [0.3, 0.4) is 0 Å². The summed E-state index contributed by atoms with van der Waals surface area (Å²) in [5.74, 6) is 0.275. The molecule has 0 spiro atoms. The van der Waals surface area contributed by atoms with Crippen LogP contribution in [0.5, 0.6) is 17.2 Å². The topological polar surface area (TPSA) is 103 Å². The largest absolute Gasteiger partial charge is 0.491 e. The molecule has 1 aliphatic heterocycles. The van der Waals surface area contributed by atoms with Crippen molar-refractivity contribution in [1.29, 1.82) is 0 Å². The third-order valence-corrected chi connectivity index (χ3v) is 5.98. The van der Waals surface area contributed by atoms with E-state index in [9.17, 15) is 14.4 Å². The second kappa shape index (κ2) is 13.4. The zero-order valence-electron chi connectivity index (χ0n) is 22.8. The van der Waals surface area contributed by atoms with Crippen molar-refractivity contribution < 1.29 is 33.3 Å². The van der Waals surface area contributed by atoms with Crippen molar-refractivity contribution in [3.05, 3.63) is 89.0 Å². The van der Waals surface area contributed by atoms with Crippen LogP contribution >= 0.6 is 0 Å². The molecule has 0 atom stereocenters. The van der Waals surface area contributed by atoms with Gasteiger partial charge in [-0.15, -0.1) is 0 Å². The lowest BCUT2D eigenvalue weighted by molar-refractivity contribution is -0.122. The van der Waals surface area contributed by atoms with E-state index in [1.807, 2.05) is 45.0 Å². The molecule has 0 radical (unpaired) electrons. The fourth-order valence-electron chi connectivity index (χ4n) is 3.92. The quantitative estimate of drug-likeness (QED) is 0.198. The summed E-state index contributed by atoms with van der Waals surface area (Å²) in [4.78, 5) is 39.1. The number of rotatable bonds is 12. The van der Waals surface area contributed by atoms with Gasteiger partial charge in [-0.2, -0.15) is 0 Å². The summed E-state index contributed by atoms with van der Waals surface area (Å²) in [6.45, 7) is 7.64. The molecular formula is C31H32N2O7. The van der Waals surface area contributed by atoms with Crippen LogP contribution in [0.2, 0.25) is 0 Å². The molecule has 40 heavy (non-hydrogen) atoms. The molecule has 1 fully saturated rings. The smallest absolute Gasteiger partial charge is 0.335 e. The Balaban J connectivity index is 1.36. The van der Waals surface area contributed by atoms with E-state index < -0.39 is 17.8 Å². The molecular weight excluding hydrogens is 512 g/mol. The number of nitrogens with zero attached hydrogens (tertiary/aromatic N) is 1. The molecule has 0 aromatic heterocycles. The van der Waals surface area contributed by atoms with Gasteiger partial charge in [0.15, 0.2) is 11.5 Å². The molecule has 0 unspecified atom stereocenters. The Morgan fingerprint density at radius 3 is 2.08 bits per heavy atom. The molecule has 3 aromatic rings.